The van der Waals surface area contributed by atoms with Crippen LogP contribution in [0.2, 0.25) is 0 Å². The molecule has 0 aliphatic rings. The zero-order chi connectivity index (χ0) is 12.5. The average molecular weight is 229 g/mol. The standard InChI is InChI=1S/C14H19N3/c1-14(2,3)13-16-9-12(17-13)11-6-4-5-10(7-11)8-15/h4-7,9H,8,15H2,1-3H3,(H,16,17). The second-order valence-electron chi connectivity index (χ2n) is 5.30. The number of hydrogen-bond donors (Lipinski definition) is 2. The van der Waals surface area contributed by atoms with Crippen LogP contribution in [0.15, 0.2) is 30.5 Å². The Hall–Kier alpha value is -1.61. The molecule has 3 N–H and O–H groups in total. The highest BCUT2D eigenvalue weighted by molar-refractivity contribution is 5.59. The molecule has 1 aromatic heterocycles. The van der Waals surface area contributed by atoms with Gasteiger partial charge in [-0.1, -0.05) is 39.0 Å². The number of aromatic amines is 1. The van der Waals surface area contributed by atoms with Crippen LogP contribution in [-0.4, -0.2) is 9.97 Å². The van der Waals surface area contributed by atoms with Crippen LogP contribution in [0, 0.1) is 0 Å². The highest BCUT2D eigenvalue weighted by Gasteiger charge is 2.17. The van der Waals surface area contributed by atoms with E-state index >= 15 is 0 Å². The van der Waals surface area contributed by atoms with E-state index in [1.807, 2.05) is 18.3 Å². The molecule has 0 radical (unpaired) electrons. The molecule has 2 aromatic rings. The molecule has 0 aliphatic carbocycles. The normalized spacial score (nSPS) is 11.8. The second kappa shape index (κ2) is 4.34. The van der Waals surface area contributed by atoms with Crippen molar-refractivity contribution < 1.29 is 0 Å². The highest BCUT2D eigenvalue weighted by Crippen LogP contribution is 2.23. The number of aromatic nitrogens is 2. The number of rotatable bonds is 2. The van der Waals surface area contributed by atoms with Crippen molar-refractivity contribution >= 4 is 0 Å². The monoisotopic (exact) mass is 229 g/mol. The Morgan fingerprint density at radius 1 is 1.29 bits per heavy atom. The van der Waals surface area contributed by atoms with Gasteiger partial charge in [0.1, 0.15) is 5.82 Å². The van der Waals surface area contributed by atoms with E-state index in [9.17, 15) is 0 Å². The van der Waals surface area contributed by atoms with Crippen molar-refractivity contribution in [3.63, 3.8) is 0 Å². The molecule has 1 aromatic carbocycles. The van der Waals surface area contributed by atoms with Crippen molar-refractivity contribution in [2.75, 3.05) is 0 Å². The summed E-state index contributed by atoms with van der Waals surface area (Å²) >= 11 is 0. The molecule has 0 spiro atoms. The third kappa shape index (κ3) is 2.56. The van der Waals surface area contributed by atoms with Gasteiger partial charge in [0.25, 0.3) is 0 Å². The minimum atomic E-state index is 0.0454. The zero-order valence-corrected chi connectivity index (χ0v) is 10.6. The molecule has 1 heterocycles. The average Bonchev–Trinajstić information content (AvgIpc) is 2.78. The van der Waals surface area contributed by atoms with E-state index in [2.05, 4.69) is 42.9 Å². The van der Waals surface area contributed by atoms with Crippen molar-refractivity contribution in [1.29, 1.82) is 0 Å². The largest absolute Gasteiger partial charge is 0.342 e. The lowest BCUT2D eigenvalue weighted by atomic mass is 9.96. The predicted molar refractivity (Wildman–Crippen MR) is 70.6 cm³/mol. The van der Waals surface area contributed by atoms with Crippen LogP contribution >= 0.6 is 0 Å². The first kappa shape index (κ1) is 11.9. The van der Waals surface area contributed by atoms with E-state index in [0.29, 0.717) is 6.54 Å². The third-order valence-corrected chi connectivity index (χ3v) is 2.76. The van der Waals surface area contributed by atoms with Gasteiger partial charge in [0.2, 0.25) is 0 Å². The molecular formula is C14H19N3. The minimum Gasteiger partial charge on any atom is -0.342 e. The van der Waals surface area contributed by atoms with Crippen LogP contribution in [0.25, 0.3) is 11.3 Å². The molecule has 0 unspecified atom stereocenters. The Morgan fingerprint density at radius 2 is 2.06 bits per heavy atom. The topological polar surface area (TPSA) is 54.7 Å². The Balaban J connectivity index is 2.37. The molecular weight excluding hydrogens is 210 g/mol. The van der Waals surface area contributed by atoms with Crippen LogP contribution in [-0.2, 0) is 12.0 Å². The summed E-state index contributed by atoms with van der Waals surface area (Å²) in [5, 5.41) is 0. The maximum absolute atomic E-state index is 5.65. The molecule has 3 heteroatoms. The Morgan fingerprint density at radius 3 is 2.65 bits per heavy atom. The van der Waals surface area contributed by atoms with Gasteiger partial charge in [-0.25, -0.2) is 4.98 Å². The number of imidazole rings is 1. The number of nitrogens with zero attached hydrogens (tertiary/aromatic N) is 1. The maximum atomic E-state index is 5.65. The molecule has 2 rings (SSSR count). The van der Waals surface area contributed by atoms with Gasteiger partial charge in [-0.3, -0.25) is 0 Å². The molecule has 0 saturated heterocycles. The fourth-order valence-corrected chi connectivity index (χ4v) is 1.71. The molecule has 0 aliphatic heterocycles. The summed E-state index contributed by atoms with van der Waals surface area (Å²) in [5.74, 6) is 1.01. The quantitative estimate of drug-likeness (QED) is 0.832. The van der Waals surface area contributed by atoms with Crippen LogP contribution in [0.5, 0.6) is 0 Å². The zero-order valence-electron chi connectivity index (χ0n) is 10.6. The van der Waals surface area contributed by atoms with Crippen LogP contribution in [0.1, 0.15) is 32.2 Å². The summed E-state index contributed by atoms with van der Waals surface area (Å²) in [4.78, 5) is 7.80. The first-order valence-corrected chi connectivity index (χ1v) is 5.85. The SMILES string of the molecule is CC(C)(C)c1ncc(-c2cccc(CN)c2)[nH]1. The summed E-state index contributed by atoms with van der Waals surface area (Å²) in [6.45, 7) is 7.00. The number of hydrogen-bond acceptors (Lipinski definition) is 2. The fourth-order valence-electron chi connectivity index (χ4n) is 1.71. The van der Waals surface area contributed by atoms with Crippen molar-refractivity contribution in [2.24, 2.45) is 5.73 Å². The Kier molecular flexibility index (Phi) is 3.03. The maximum Gasteiger partial charge on any atom is 0.111 e. The molecule has 17 heavy (non-hydrogen) atoms. The van der Waals surface area contributed by atoms with E-state index in [-0.39, 0.29) is 5.41 Å². The summed E-state index contributed by atoms with van der Waals surface area (Å²) in [5.41, 5.74) is 9.01. The number of nitrogens with one attached hydrogen (secondary N) is 1. The van der Waals surface area contributed by atoms with Gasteiger partial charge in [0.15, 0.2) is 0 Å². The lowest BCUT2D eigenvalue weighted by molar-refractivity contribution is 0.553. The summed E-state index contributed by atoms with van der Waals surface area (Å²) in [7, 11) is 0. The molecule has 0 saturated carbocycles. The van der Waals surface area contributed by atoms with Crippen LogP contribution in [0.3, 0.4) is 0 Å². The predicted octanol–water partition coefficient (Wildman–Crippen LogP) is 2.83. The first-order chi connectivity index (χ1) is 8.00. The van der Waals surface area contributed by atoms with E-state index < -0.39 is 0 Å². The number of benzene rings is 1. The minimum absolute atomic E-state index is 0.0454. The van der Waals surface area contributed by atoms with Crippen LogP contribution in [0.4, 0.5) is 0 Å². The van der Waals surface area contributed by atoms with Gasteiger partial charge >= 0.3 is 0 Å². The van der Waals surface area contributed by atoms with Gasteiger partial charge in [0, 0.05) is 12.0 Å². The lowest BCUT2D eigenvalue weighted by Crippen LogP contribution is -2.13. The van der Waals surface area contributed by atoms with E-state index in [0.717, 1.165) is 22.6 Å². The van der Waals surface area contributed by atoms with Crippen molar-refractivity contribution in [2.45, 2.75) is 32.7 Å². The van der Waals surface area contributed by atoms with Gasteiger partial charge in [0.05, 0.1) is 11.9 Å². The van der Waals surface area contributed by atoms with E-state index in [1.165, 1.54) is 0 Å². The van der Waals surface area contributed by atoms with Gasteiger partial charge in [-0.05, 0) is 17.2 Å². The van der Waals surface area contributed by atoms with E-state index in [4.69, 9.17) is 5.73 Å². The molecule has 0 amide bonds. The van der Waals surface area contributed by atoms with Gasteiger partial charge in [-0.2, -0.15) is 0 Å². The lowest BCUT2D eigenvalue weighted by Gasteiger charge is -2.14. The third-order valence-electron chi connectivity index (χ3n) is 2.76. The van der Waals surface area contributed by atoms with Crippen molar-refractivity contribution in [1.82, 2.24) is 9.97 Å². The molecule has 90 valence electrons. The molecule has 3 nitrogen and oxygen atoms in total. The second-order valence-corrected chi connectivity index (χ2v) is 5.30. The van der Waals surface area contributed by atoms with Gasteiger partial charge < -0.3 is 10.7 Å². The van der Waals surface area contributed by atoms with Crippen molar-refractivity contribution in [3.05, 3.63) is 41.9 Å². The summed E-state index contributed by atoms with van der Waals surface area (Å²) < 4.78 is 0. The van der Waals surface area contributed by atoms with Gasteiger partial charge in [-0.15, -0.1) is 0 Å². The molecule has 0 bridgehead atoms. The van der Waals surface area contributed by atoms with Crippen molar-refractivity contribution in [3.8, 4) is 11.3 Å². The summed E-state index contributed by atoms with van der Waals surface area (Å²) in [6, 6.07) is 8.22. The Labute approximate surface area is 102 Å². The smallest absolute Gasteiger partial charge is 0.111 e. The highest BCUT2D eigenvalue weighted by atomic mass is 14.9. The summed E-state index contributed by atoms with van der Waals surface area (Å²) in [6.07, 6.45) is 1.89. The Bertz CT molecular complexity index is 506. The van der Waals surface area contributed by atoms with Crippen LogP contribution < -0.4 is 5.73 Å². The molecule has 0 fully saturated rings. The first-order valence-electron chi connectivity index (χ1n) is 5.85. The number of nitrogens with two attached hydrogens (primary N) is 1. The molecule has 0 atom stereocenters. The van der Waals surface area contributed by atoms with E-state index in [1.54, 1.807) is 0 Å². The number of H-pyrrole nitrogens is 1. The fraction of sp³-hybridized carbons (Fsp3) is 0.357.